The number of carbonyl (C=O) groups excluding carboxylic acids is 1. The molecule has 0 atom stereocenters. The Kier molecular flexibility index (Phi) is 6.02. The highest BCUT2D eigenvalue weighted by atomic mass is 16.5. The molecule has 2 N–H and O–H groups in total. The van der Waals surface area contributed by atoms with Crippen LogP contribution in [0.5, 0.6) is 5.75 Å². The molecule has 0 spiro atoms. The molecule has 1 aliphatic heterocycles. The van der Waals surface area contributed by atoms with Crippen molar-refractivity contribution < 1.29 is 9.53 Å². The molecule has 1 aliphatic rings. The fourth-order valence-electron chi connectivity index (χ4n) is 2.72. The molecule has 1 saturated heterocycles. The van der Waals surface area contributed by atoms with Crippen molar-refractivity contribution in [2.75, 3.05) is 38.6 Å². The minimum Gasteiger partial charge on any atom is -0.495 e. The molecule has 1 aromatic rings. The molecule has 116 valence electrons. The Morgan fingerprint density at radius 1 is 1.33 bits per heavy atom. The highest BCUT2D eigenvalue weighted by molar-refractivity contribution is 5.93. The van der Waals surface area contributed by atoms with E-state index in [4.69, 9.17) is 4.74 Å². The van der Waals surface area contributed by atoms with Crippen molar-refractivity contribution in [1.29, 1.82) is 0 Å². The van der Waals surface area contributed by atoms with Gasteiger partial charge in [0.25, 0.3) is 0 Å². The maximum Gasteiger partial charge on any atom is 0.238 e. The van der Waals surface area contributed by atoms with Gasteiger partial charge in [-0.05, 0) is 31.5 Å². The molecule has 5 heteroatoms. The number of benzene rings is 1. The summed E-state index contributed by atoms with van der Waals surface area (Å²) in [6.45, 7) is 5.52. The summed E-state index contributed by atoms with van der Waals surface area (Å²) < 4.78 is 5.24. The van der Waals surface area contributed by atoms with Crippen molar-refractivity contribution in [2.24, 2.45) is 0 Å². The molecule has 1 heterocycles. The predicted molar refractivity (Wildman–Crippen MR) is 84.8 cm³/mol. The molecule has 5 nitrogen and oxygen atoms in total. The first-order valence-corrected chi connectivity index (χ1v) is 7.61. The Morgan fingerprint density at radius 3 is 2.71 bits per heavy atom. The SMILES string of the molecule is CCNC1CCN(CC(=O)Nc2ccccc2OC)CC1. The number of hydrogen-bond donors (Lipinski definition) is 2. The molecule has 1 amide bonds. The van der Waals surface area contributed by atoms with Crippen molar-refractivity contribution in [2.45, 2.75) is 25.8 Å². The topological polar surface area (TPSA) is 53.6 Å². The van der Waals surface area contributed by atoms with Crippen LogP contribution in [0.4, 0.5) is 5.69 Å². The van der Waals surface area contributed by atoms with Gasteiger partial charge in [-0.2, -0.15) is 0 Å². The van der Waals surface area contributed by atoms with Crippen molar-refractivity contribution in [1.82, 2.24) is 10.2 Å². The third-order valence-electron chi connectivity index (χ3n) is 3.83. The first kappa shape index (κ1) is 15.8. The van der Waals surface area contributed by atoms with E-state index in [0.29, 0.717) is 18.3 Å². The van der Waals surface area contributed by atoms with Gasteiger partial charge in [0.15, 0.2) is 0 Å². The largest absolute Gasteiger partial charge is 0.495 e. The highest BCUT2D eigenvalue weighted by Gasteiger charge is 2.20. The molecule has 21 heavy (non-hydrogen) atoms. The molecule has 2 rings (SSSR count). The predicted octanol–water partition coefficient (Wildman–Crippen LogP) is 1.71. The maximum atomic E-state index is 12.1. The van der Waals surface area contributed by atoms with Crippen LogP contribution in [0.2, 0.25) is 0 Å². The minimum absolute atomic E-state index is 0.0152. The Labute approximate surface area is 126 Å². The number of amides is 1. The third kappa shape index (κ3) is 4.72. The molecule has 1 fully saturated rings. The number of rotatable bonds is 6. The fraction of sp³-hybridized carbons (Fsp3) is 0.562. The zero-order valence-electron chi connectivity index (χ0n) is 12.9. The average Bonchev–Trinajstić information content (AvgIpc) is 2.50. The van der Waals surface area contributed by atoms with Gasteiger partial charge >= 0.3 is 0 Å². The van der Waals surface area contributed by atoms with E-state index in [0.717, 1.165) is 38.2 Å². The van der Waals surface area contributed by atoms with Crippen LogP contribution in [0, 0.1) is 0 Å². The number of hydrogen-bond acceptors (Lipinski definition) is 4. The zero-order chi connectivity index (χ0) is 15.1. The first-order chi connectivity index (χ1) is 10.2. The number of piperidine rings is 1. The van der Waals surface area contributed by atoms with Crippen LogP contribution < -0.4 is 15.4 Å². The summed E-state index contributed by atoms with van der Waals surface area (Å²) in [4.78, 5) is 14.3. The summed E-state index contributed by atoms with van der Waals surface area (Å²) in [5.41, 5.74) is 0.729. The Morgan fingerprint density at radius 2 is 2.05 bits per heavy atom. The van der Waals surface area contributed by atoms with Crippen LogP contribution in [0.15, 0.2) is 24.3 Å². The van der Waals surface area contributed by atoms with Gasteiger partial charge in [0.1, 0.15) is 5.75 Å². The van der Waals surface area contributed by atoms with Gasteiger partial charge in [0.2, 0.25) is 5.91 Å². The highest BCUT2D eigenvalue weighted by Crippen LogP contribution is 2.23. The number of carbonyl (C=O) groups is 1. The van der Waals surface area contributed by atoms with Crippen LogP contribution >= 0.6 is 0 Å². The van der Waals surface area contributed by atoms with Crippen LogP contribution in [0.25, 0.3) is 0 Å². The summed E-state index contributed by atoms with van der Waals surface area (Å²) in [5.74, 6) is 0.707. The van der Waals surface area contributed by atoms with E-state index in [1.807, 2.05) is 24.3 Å². The number of para-hydroxylation sites is 2. The van der Waals surface area contributed by atoms with Crippen LogP contribution in [-0.2, 0) is 4.79 Å². The van der Waals surface area contributed by atoms with Crippen LogP contribution in [0.3, 0.4) is 0 Å². The van der Waals surface area contributed by atoms with Crippen molar-refractivity contribution in [3.8, 4) is 5.75 Å². The van der Waals surface area contributed by atoms with E-state index in [1.54, 1.807) is 7.11 Å². The number of anilines is 1. The lowest BCUT2D eigenvalue weighted by Crippen LogP contribution is -2.44. The molecular weight excluding hydrogens is 266 g/mol. The molecule has 0 bridgehead atoms. The van der Waals surface area contributed by atoms with Crippen molar-refractivity contribution in [3.63, 3.8) is 0 Å². The van der Waals surface area contributed by atoms with Crippen LogP contribution in [-0.4, -0.2) is 50.1 Å². The van der Waals surface area contributed by atoms with Gasteiger partial charge in [0, 0.05) is 19.1 Å². The minimum atomic E-state index is 0.0152. The fourth-order valence-corrected chi connectivity index (χ4v) is 2.72. The van der Waals surface area contributed by atoms with E-state index in [1.165, 1.54) is 0 Å². The van der Waals surface area contributed by atoms with E-state index >= 15 is 0 Å². The zero-order valence-corrected chi connectivity index (χ0v) is 12.9. The smallest absolute Gasteiger partial charge is 0.238 e. The number of nitrogens with zero attached hydrogens (tertiary/aromatic N) is 1. The quantitative estimate of drug-likeness (QED) is 0.838. The number of ether oxygens (including phenoxy) is 1. The second kappa shape index (κ2) is 8.00. The van der Waals surface area contributed by atoms with E-state index in [2.05, 4.69) is 22.5 Å². The Balaban J connectivity index is 1.80. The Bertz CT molecular complexity index is 457. The van der Waals surface area contributed by atoms with Gasteiger partial charge < -0.3 is 15.4 Å². The summed E-state index contributed by atoms with van der Waals surface area (Å²) in [6.07, 6.45) is 2.21. The summed E-state index contributed by atoms with van der Waals surface area (Å²) in [7, 11) is 1.61. The molecule has 1 aromatic carbocycles. The maximum absolute atomic E-state index is 12.1. The molecule has 0 aliphatic carbocycles. The van der Waals surface area contributed by atoms with Gasteiger partial charge in [-0.3, -0.25) is 9.69 Å². The standard InChI is InChI=1S/C16H25N3O2/c1-3-17-13-8-10-19(11-9-13)12-16(20)18-14-6-4-5-7-15(14)21-2/h4-7,13,17H,3,8-12H2,1-2H3,(H,18,20). The van der Waals surface area contributed by atoms with Gasteiger partial charge in [-0.15, -0.1) is 0 Å². The van der Waals surface area contributed by atoms with Gasteiger partial charge in [-0.25, -0.2) is 0 Å². The van der Waals surface area contributed by atoms with Gasteiger partial charge in [0.05, 0.1) is 19.3 Å². The monoisotopic (exact) mass is 291 g/mol. The normalized spacial score (nSPS) is 16.7. The van der Waals surface area contributed by atoms with Crippen molar-refractivity contribution in [3.05, 3.63) is 24.3 Å². The summed E-state index contributed by atoms with van der Waals surface area (Å²) in [6, 6.07) is 8.08. The molecule has 0 unspecified atom stereocenters. The van der Waals surface area contributed by atoms with Crippen molar-refractivity contribution >= 4 is 11.6 Å². The lowest BCUT2D eigenvalue weighted by molar-refractivity contribution is -0.117. The Hall–Kier alpha value is -1.59. The molecule has 0 aromatic heterocycles. The molecule has 0 radical (unpaired) electrons. The van der Waals surface area contributed by atoms with E-state index in [-0.39, 0.29) is 5.91 Å². The van der Waals surface area contributed by atoms with E-state index in [9.17, 15) is 4.79 Å². The molecular formula is C16H25N3O2. The lowest BCUT2D eigenvalue weighted by Gasteiger charge is -2.31. The lowest BCUT2D eigenvalue weighted by atomic mass is 10.1. The number of methoxy groups -OCH3 is 1. The third-order valence-corrected chi connectivity index (χ3v) is 3.83. The second-order valence-electron chi connectivity index (χ2n) is 5.36. The summed E-state index contributed by atoms with van der Waals surface area (Å²) >= 11 is 0. The molecule has 0 saturated carbocycles. The summed E-state index contributed by atoms with van der Waals surface area (Å²) in [5, 5.41) is 6.39. The average molecular weight is 291 g/mol. The second-order valence-corrected chi connectivity index (χ2v) is 5.36. The number of nitrogens with one attached hydrogen (secondary N) is 2. The van der Waals surface area contributed by atoms with Gasteiger partial charge in [-0.1, -0.05) is 19.1 Å². The first-order valence-electron chi connectivity index (χ1n) is 7.61. The van der Waals surface area contributed by atoms with E-state index < -0.39 is 0 Å². The van der Waals surface area contributed by atoms with Crippen LogP contribution in [0.1, 0.15) is 19.8 Å². The number of likely N-dealkylation sites (tertiary alicyclic amines) is 1.